The third-order valence-corrected chi connectivity index (χ3v) is 4.59. The van der Waals surface area contributed by atoms with Crippen molar-refractivity contribution in [1.29, 1.82) is 0 Å². The highest BCUT2D eigenvalue weighted by Crippen LogP contribution is 2.23. The van der Waals surface area contributed by atoms with E-state index in [1.807, 2.05) is 36.4 Å². The smallest absolute Gasteiger partial charge is 0.127 e. The summed E-state index contributed by atoms with van der Waals surface area (Å²) in [4.78, 5) is 0. The van der Waals surface area contributed by atoms with Gasteiger partial charge < -0.3 is 10.1 Å². The van der Waals surface area contributed by atoms with E-state index in [1.54, 1.807) is 0 Å². The van der Waals surface area contributed by atoms with Crippen LogP contribution in [0, 0.1) is 0 Å². The molecule has 0 fully saturated rings. The number of halogens is 1. The van der Waals surface area contributed by atoms with Crippen LogP contribution < -0.4 is 10.1 Å². The molecule has 0 saturated heterocycles. The van der Waals surface area contributed by atoms with Crippen LogP contribution >= 0.6 is 11.6 Å². The third-order valence-electron chi connectivity index (χ3n) is 4.34. The predicted molar refractivity (Wildman–Crippen MR) is 109 cm³/mol. The van der Waals surface area contributed by atoms with Crippen LogP contribution in [-0.2, 0) is 13.0 Å². The molecule has 0 aliphatic rings. The van der Waals surface area contributed by atoms with Crippen molar-refractivity contribution in [3.63, 3.8) is 0 Å². The van der Waals surface area contributed by atoms with Crippen molar-refractivity contribution < 1.29 is 4.74 Å². The maximum atomic E-state index is 5.89. The number of hydrogen-bond acceptors (Lipinski definition) is 2. The normalized spacial score (nSPS) is 11.9. The molecule has 1 unspecified atom stereocenters. The summed E-state index contributed by atoms with van der Waals surface area (Å²) in [5.41, 5.74) is 2.64. The molecule has 134 valence electrons. The van der Waals surface area contributed by atoms with Crippen molar-refractivity contribution in [2.75, 3.05) is 0 Å². The van der Waals surface area contributed by atoms with E-state index < -0.39 is 0 Å². The van der Waals surface area contributed by atoms with Gasteiger partial charge in [-0.15, -0.1) is 0 Å². The quantitative estimate of drug-likeness (QED) is 0.510. The molecule has 0 saturated carbocycles. The fourth-order valence-corrected chi connectivity index (χ4v) is 2.86. The molecule has 0 bridgehead atoms. The van der Waals surface area contributed by atoms with Crippen molar-refractivity contribution in [2.45, 2.75) is 32.4 Å². The molecular weight excluding hydrogens is 342 g/mol. The van der Waals surface area contributed by atoms with Gasteiger partial charge in [0, 0.05) is 17.6 Å². The Bertz CT molecular complexity index is 785. The summed E-state index contributed by atoms with van der Waals surface area (Å²) in [6.07, 6.45) is 2.23. The zero-order chi connectivity index (χ0) is 18.2. The first-order valence-corrected chi connectivity index (χ1v) is 9.36. The van der Waals surface area contributed by atoms with Gasteiger partial charge in [0.15, 0.2) is 0 Å². The fraction of sp³-hybridized carbons (Fsp3) is 0.217. The summed E-state index contributed by atoms with van der Waals surface area (Å²) < 4.78 is 5.82. The van der Waals surface area contributed by atoms with Gasteiger partial charge in [-0.05, 0) is 67.3 Å². The Kier molecular flexibility index (Phi) is 6.70. The Hall–Kier alpha value is -2.29. The number of rotatable bonds is 8. The van der Waals surface area contributed by atoms with Crippen LogP contribution in [0.2, 0.25) is 5.02 Å². The number of benzene rings is 3. The Morgan fingerprint density at radius 3 is 2.08 bits per heavy atom. The summed E-state index contributed by atoms with van der Waals surface area (Å²) in [5.74, 6) is 1.61. The lowest BCUT2D eigenvalue weighted by Crippen LogP contribution is -2.25. The number of aryl methyl sites for hydroxylation is 1. The van der Waals surface area contributed by atoms with Gasteiger partial charge in [-0.3, -0.25) is 0 Å². The van der Waals surface area contributed by atoms with Gasteiger partial charge >= 0.3 is 0 Å². The Balaban J connectivity index is 1.44. The van der Waals surface area contributed by atoms with Gasteiger partial charge in [0.25, 0.3) is 0 Å². The van der Waals surface area contributed by atoms with Crippen LogP contribution in [0.5, 0.6) is 11.5 Å². The molecule has 0 aliphatic carbocycles. The lowest BCUT2D eigenvalue weighted by atomic mass is 10.1. The topological polar surface area (TPSA) is 21.3 Å². The van der Waals surface area contributed by atoms with E-state index in [0.717, 1.165) is 30.9 Å². The molecule has 3 heteroatoms. The van der Waals surface area contributed by atoms with Crippen molar-refractivity contribution in [3.05, 3.63) is 95.0 Å². The monoisotopic (exact) mass is 365 g/mol. The van der Waals surface area contributed by atoms with E-state index in [2.05, 4.69) is 54.7 Å². The SMILES string of the molecule is CC(CCc1ccccc1)NCc1ccc(Oc2ccc(Cl)cc2)cc1. The zero-order valence-corrected chi connectivity index (χ0v) is 15.7. The van der Waals surface area contributed by atoms with Crippen molar-refractivity contribution >= 4 is 11.6 Å². The molecule has 0 aromatic heterocycles. The maximum absolute atomic E-state index is 5.89. The van der Waals surface area contributed by atoms with Gasteiger partial charge in [0.2, 0.25) is 0 Å². The molecule has 26 heavy (non-hydrogen) atoms. The second-order valence-corrected chi connectivity index (χ2v) is 6.94. The second-order valence-electron chi connectivity index (χ2n) is 6.51. The summed E-state index contributed by atoms with van der Waals surface area (Å²) >= 11 is 5.89. The first-order valence-electron chi connectivity index (χ1n) is 8.99. The van der Waals surface area contributed by atoms with Gasteiger partial charge in [0.1, 0.15) is 11.5 Å². The molecule has 3 aromatic rings. The number of ether oxygens (including phenoxy) is 1. The van der Waals surface area contributed by atoms with E-state index >= 15 is 0 Å². The lowest BCUT2D eigenvalue weighted by Gasteiger charge is -2.14. The second kappa shape index (κ2) is 9.42. The van der Waals surface area contributed by atoms with Crippen LogP contribution in [0.15, 0.2) is 78.9 Å². The predicted octanol–water partition coefficient (Wildman–Crippen LogP) is 6.24. The van der Waals surface area contributed by atoms with Crippen LogP contribution in [0.3, 0.4) is 0 Å². The molecule has 0 aliphatic heterocycles. The molecule has 1 N–H and O–H groups in total. The highest BCUT2D eigenvalue weighted by Gasteiger charge is 2.03. The Morgan fingerprint density at radius 2 is 1.42 bits per heavy atom. The maximum Gasteiger partial charge on any atom is 0.127 e. The molecule has 3 rings (SSSR count). The molecule has 3 aromatic carbocycles. The standard InChI is InChI=1S/C23H24ClNO/c1-18(7-8-19-5-3-2-4-6-19)25-17-20-9-13-22(14-10-20)26-23-15-11-21(24)12-16-23/h2-6,9-16,18,25H,7-8,17H2,1H3. The highest BCUT2D eigenvalue weighted by molar-refractivity contribution is 6.30. The highest BCUT2D eigenvalue weighted by atomic mass is 35.5. The third kappa shape index (κ3) is 5.91. The van der Waals surface area contributed by atoms with Crippen LogP contribution in [-0.4, -0.2) is 6.04 Å². The summed E-state index contributed by atoms with van der Waals surface area (Å²) in [6.45, 7) is 3.10. The minimum absolute atomic E-state index is 0.472. The first kappa shape index (κ1) is 18.5. The van der Waals surface area contributed by atoms with Gasteiger partial charge in [-0.1, -0.05) is 54.1 Å². The molecule has 2 nitrogen and oxygen atoms in total. The van der Waals surface area contributed by atoms with Crippen molar-refractivity contribution in [3.8, 4) is 11.5 Å². The fourth-order valence-electron chi connectivity index (χ4n) is 2.74. The van der Waals surface area contributed by atoms with Gasteiger partial charge in [-0.25, -0.2) is 0 Å². The minimum atomic E-state index is 0.472. The summed E-state index contributed by atoms with van der Waals surface area (Å²) in [7, 11) is 0. The van der Waals surface area contributed by atoms with Crippen LogP contribution in [0.1, 0.15) is 24.5 Å². The van der Waals surface area contributed by atoms with E-state index in [4.69, 9.17) is 16.3 Å². The molecule has 1 atom stereocenters. The molecule has 0 amide bonds. The molecular formula is C23H24ClNO. The number of nitrogens with one attached hydrogen (secondary N) is 1. The van der Waals surface area contributed by atoms with E-state index in [0.29, 0.717) is 11.1 Å². The number of hydrogen-bond donors (Lipinski definition) is 1. The minimum Gasteiger partial charge on any atom is -0.457 e. The van der Waals surface area contributed by atoms with E-state index in [1.165, 1.54) is 11.1 Å². The Labute approximate surface area is 160 Å². The first-order chi connectivity index (χ1) is 12.7. The van der Waals surface area contributed by atoms with E-state index in [9.17, 15) is 0 Å². The van der Waals surface area contributed by atoms with E-state index in [-0.39, 0.29) is 0 Å². The summed E-state index contributed by atoms with van der Waals surface area (Å²) in [5, 5.41) is 4.30. The average molecular weight is 366 g/mol. The summed E-state index contributed by atoms with van der Waals surface area (Å²) in [6, 6.07) is 26.7. The van der Waals surface area contributed by atoms with Gasteiger partial charge in [-0.2, -0.15) is 0 Å². The van der Waals surface area contributed by atoms with Crippen molar-refractivity contribution in [2.24, 2.45) is 0 Å². The largest absolute Gasteiger partial charge is 0.457 e. The zero-order valence-electron chi connectivity index (χ0n) is 15.0. The average Bonchev–Trinajstić information content (AvgIpc) is 2.68. The van der Waals surface area contributed by atoms with Crippen LogP contribution in [0.4, 0.5) is 0 Å². The Morgan fingerprint density at radius 1 is 0.808 bits per heavy atom. The lowest BCUT2D eigenvalue weighted by molar-refractivity contribution is 0.481. The van der Waals surface area contributed by atoms with Crippen LogP contribution in [0.25, 0.3) is 0 Å². The molecule has 0 radical (unpaired) electrons. The van der Waals surface area contributed by atoms with Crippen molar-refractivity contribution in [1.82, 2.24) is 5.32 Å². The van der Waals surface area contributed by atoms with Gasteiger partial charge in [0.05, 0.1) is 0 Å². The molecule has 0 heterocycles. The molecule has 0 spiro atoms.